The number of amides is 4. The summed E-state index contributed by atoms with van der Waals surface area (Å²) in [6.45, 7) is -0.421. The molecule has 4 atom stereocenters. The number of carbonyl (C=O) groups is 5. The van der Waals surface area contributed by atoms with E-state index in [1.54, 1.807) is 48.5 Å². The fourth-order valence-corrected chi connectivity index (χ4v) is 6.74. The van der Waals surface area contributed by atoms with Crippen LogP contribution in [0.4, 0.5) is 0 Å². The largest absolute Gasteiger partial charge is 0.497 e. The molecule has 2 bridgehead atoms. The van der Waals surface area contributed by atoms with Crippen molar-refractivity contribution in [2.75, 3.05) is 13.7 Å². The predicted octanol–water partition coefficient (Wildman–Crippen LogP) is 4.44. The van der Waals surface area contributed by atoms with Crippen LogP contribution in [0, 0.1) is 0 Å². The predicted molar refractivity (Wildman–Crippen MR) is 218 cm³/mol. The molecule has 298 valence electrons. The Morgan fingerprint density at radius 3 is 1.90 bits per heavy atom. The van der Waals surface area contributed by atoms with Gasteiger partial charge in [-0.2, -0.15) is 0 Å². The molecule has 5 aromatic rings. The molecule has 0 aromatic heterocycles. The standard InChI is InChI=1S/C46H46N4O8/c1-57-37-14-8-11-33(25-37)28-39-44(53)49-40(26-31-15-20-35(21-16-31)34-12-6-3-7-13-34)45(54)48-38(24-19-30-9-4-2-5-10-30)43(52)50-41(46(55)56)27-32-17-22-36(23-18-32)58-29-42(51)47-39/h2-18,20-23,25,38-41H,19,24,26-29H2,1H3,(H,47,51)(H,48,54)(H,49,53)(H,50,52)(H,55,56). The Bertz CT molecular complexity index is 2180. The minimum Gasteiger partial charge on any atom is -0.497 e. The Morgan fingerprint density at radius 2 is 1.22 bits per heavy atom. The number of carboxylic acid groups (broad SMARTS) is 1. The van der Waals surface area contributed by atoms with Crippen molar-refractivity contribution >= 4 is 29.6 Å². The van der Waals surface area contributed by atoms with Crippen molar-refractivity contribution in [3.05, 3.63) is 156 Å². The number of aryl methyl sites for hydroxylation is 1. The Balaban J connectivity index is 1.34. The fourth-order valence-electron chi connectivity index (χ4n) is 6.74. The highest BCUT2D eigenvalue weighted by Crippen LogP contribution is 2.21. The molecule has 5 aromatic carbocycles. The Kier molecular flexibility index (Phi) is 13.9. The normalized spacial score (nSPS) is 19.2. The SMILES string of the molecule is COc1cccc(CC2NC(=O)COc3ccc(cc3)CC(C(=O)O)NC(=O)C(CCc3ccccc3)NC(=O)C(Cc3ccc(-c4ccccc4)cc3)NC2=O)c1. The molecule has 4 amide bonds. The van der Waals surface area contributed by atoms with E-state index in [0.29, 0.717) is 29.0 Å². The van der Waals surface area contributed by atoms with Crippen LogP contribution in [0.1, 0.15) is 28.7 Å². The summed E-state index contributed by atoms with van der Waals surface area (Å²) in [6, 6.07) is 35.5. The van der Waals surface area contributed by atoms with E-state index >= 15 is 0 Å². The van der Waals surface area contributed by atoms with Crippen LogP contribution >= 0.6 is 0 Å². The first kappa shape index (κ1) is 40.7. The molecule has 4 unspecified atom stereocenters. The first-order valence-electron chi connectivity index (χ1n) is 19.1. The molecule has 0 aliphatic carbocycles. The van der Waals surface area contributed by atoms with Gasteiger partial charge in [-0.25, -0.2) is 4.79 Å². The number of benzene rings is 5. The number of hydrogen-bond donors (Lipinski definition) is 5. The number of methoxy groups -OCH3 is 1. The lowest BCUT2D eigenvalue weighted by Crippen LogP contribution is -2.59. The number of nitrogens with one attached hydrogen (secondary N) is 4. The summed E-state index contributed by atoms with van der Waals surface area (Å²) in [4.78, 5) is 68.5. The molecule has 2 aliphatic heterocycles. The molecule has 0 radical (unpaired) electrons. The van der Waals surface area contributed by atoms with Gasteiger partial charge in [-0.05, 0) is 70.5 Å². The van der Waals surface area contributed by atoms with Gasteiger partial charge >= 0.3 is 5.97 Å². The summed E-state index contributed by atoms with van der Waals surface area (Å²) in [5, 5.41) is 21.3. The van der Waals surface area contributed by atoms with Crippen molar-refractivity contribution in [3.8, 4) is 22.6 Å². The molecule has 0 spiro atoms. The zero-order valence-corrected chi connectivity index (χ0v) is 32.1. The topological polar surface area (TPSA) is 172 Å². The quantitative estimate of drug-likeness (QED) is 0.130. The van der Waals surface area contributed by atoms with E-state index in [9.17, 15) is 29.1 Å². The molecular formula is C46H46N4O8. The van der Waals surface area contributed by atoms with Gasteiger partial charge in [0.25, 0.3) is 5.91 Å². The highest BCUT2D eigenvalue weighted by atomic mass is 16.5. The lowest BCUT2D eigenvalue weighted by molar-refractivity contribution is -0.142. The van der Waals surface area contributed by atoms with Gasteiger partial charge in [0.2, 0.25) is 17.7 Å². The first-order valence-corrected chi connectivity index (χ1v) is 19.1. The van der Waals surface area contributed by atoms with E-state index in [1.165, 1.54) is 7.11 Å². The molecule has 2 aliphatic rings. The molecule has 12 nitrogen and oxygen atoms in total. The maximum Gasteiger partial charge on any atom is 0.326 e. The molecule has 0 saturated carbocycles. The first-order chi connectivity index (χ1) is 28.1. The van der Waals surface area contributed by atoms with Crippen molar-refractivity contribution in [2.24, 2.45) is 0 Å². The van der Waals surface area contributed by atoms with Crippen LogP contribution < -0.4 is 30.7 Å². The Hall–Kier alpha value is -6.95. The van der Waals surface area contributed by atoms with Gasteiger partial charge in [0.05, 0.1) is 7.11 Å². The molecule has 0 fully saturated rings. The molecule has 58 heavy (non-hydrogen) atoms. The summed E-state index contributed by atoms with van der Waals surface area (Å²) in [7, 11) is 1.53. The van der Waals surface area contributed by atoms with Gasteiger partial charge in [-0.1, -0.05) is 109 Å². The molecule has 2 heterocycles. The molecule has 0 saturated heterocycles. The van der Waals surface area contributed by atoms with E-state index < -0.39 is 60.4 Å². The van der Waals surface area contributed by atoms with Gasteiger partial charge in [0.15, 0.2) is 6.61 Å². The summed E-state index contributed by atoms with van der Waals surface area (Å²) in [6.07, 6.45) is 0.577. The second kappa shape index (κ2) is 19.8. The van der Waals surface area contributed by atoms with Crippen LogP contribution in [0.15, 0.2) is 133 Å². The number of fused-ring (bicyclic) bond motifs is 16. The molecule has 5 N–H and O–H groups in total. The lowest BCUT2D eigenvalue weighted by Gasteiger charge is -2.26. The van der Waals surface area contributed by atoms with Crippen molar-refractivity contribution in [3.63, 3.8) is 0 Å². The van der Waals surface area contributed by atoms with Gasteiger partial charge < -0.3 is 35.8 Å². The van der Waals surface area contributed by atoms with E-state index in [4.69, 9.17) is 9.47 Å². The smallest absolute Gasteiger partial charge is 0.326 e. The summed E-state index contributed by atoms with van der Waals surface area (Å²) in [5.41, 5.74) is 4.90. The van der Waals surface area contributed by atoms with E-state index in [2.05, 4.69) is 21.3 Å². The minimum absolute atomic E-state index is 0.0360. The number of rotatable bonds is 10. The zero-order chi connectivity index (χ0) is 40.9. The number of carbonyl (C=O) groups excluding carboxylic acids is 4. The van der Waals surface area contributed by atoms with E-state index in [-0.39, 0.29) is 25.7 Å². The van der Waals surface area contributed by atoms with Crippen molar-refractivity contribution in [1.29, 1.82) is 0 Å². The van der Waals surface area contributed by atoms with Gasteiger partial charge in [-0.3, -0.25) is 19.2 Å². The van der Waals surface area contributed by atoms with Crippen LogP contribution in [0.25, 0.3) is 11.1 Å². The second-order valence-electron chi connectivity index (χ2n) is 14.1. The molecular weight excluding hydrogens is 737 g/mol. The maximum atomic E-state index is 14.4. The fraction of sp³-hybridized carbons (Fsp3) is 0.239. The summed E-state index contributed by atoms with van der Waals surface area (Å²) >= 11 is 0. The van der Waals surface area contributed by atoms with Crippen LogP contribution in [-0.4, -0.2) is 72.6 Å². The second-order valence-corrected chi connectivity index (χ2v) is 14.1. The Labute approximate surface area is 337 Å². The van der Waals surface area contributed by atoms with Crippen LogP contribution in [0.2, 0.25) is 0 Å². The minimum atomic E-state index is -1.32. The van der Waals surface area contributed by atoms with Gasteiger partial charge in [0.1, 0.15) is 35.7 Å². The third kappa shape index (κ3) is 11.5. The van der Waals surface area contributed by atoms with E-state index in [1.807, 2.05) is 84.9 Å². The van der Waals surface area contributed by atoms with Crippen molar-refractivity contribution in [2.45, 2.75) is 56.3 Å². The molecule has 7 rings (SSSR count). The zero-order valence-electron chi connectivity index (χ0n) is 32.1. The van der Waals surface area contributed by atoms with Crippen molar-refractivity contribution < 1.29 is 38.6 Å². The van der Waals surface area contributed by atoms with Gasteiger partial charge in [-0.15, -0.1) is 0 Å². The van der Waals surface area contributed by atoms with Crippen LogP contribution in [0.3, 0.4) is 0 Å². The van der Waals surface area contributed by atoms with Crippen molar-refractivity contribution in [1.82, 2.24) is 21.3 Å². The average Bonchev–Trinajstić information content (AvgIpc) is 3.24. The van der Waals surface area contributed by atoms with Gasteiger partial charge in [0, 0.05) is 19.3 Å². The maximum absolute atomic E-state index is 14.4. The molecule has 12 heteroatoms. The third-order valence-electron chi connectivity index (χ3n) is 9.90. The number of aliphatic carboxylic acids is 1. The van der Waals surface area contributed by atoms with Crippen LogP contribution in [0.5, 0.6) is 11.5 Å². The Morgan fingerprint density at radius 1 is 0.638 bits per heavy atom. The monoisotopic (exact) mass is 782 g/mol. The average molecular weight is 783 g/mol. The number of ether oxygens (including phenoxy) is 2. The number of hydrogen-bond acceptors (Lipinski definition) is 7. The third-order valence-corrected chi connectivity index (χ3v) is 9.90. The highest BCUT2D eigenvalue weighted by molar-refractivity contribution is 5.95. The van der Waals surface area contributed by atoms with E-state index in [0.717, 1.165) is 22.3 Å². The highest BCUT2D eigenvalue weighted by Gasteiger charge is 2.32. The number of carboxylic acids is 1. The summed E-state index contributed by atoms with van der Waals surface area (Å²) in [5.74, 6) is -2.92. The lowest BCUT2D eigenvalue weighted by atomic mass is 9.98. The van der Waals surface area contributed by atoms with Crippen LogP contribution in [-0.2, 0) is 49.7 Å². The summed E-state index contributed by atoms with van der Waals surface area (Å²) < 4.78 is 11.1.